The van der Waals surface area contributed by atoms with Crippen LogP contribution in [0.15, 0.2) is 30.3 Å². The van der Waals surface area contributed by atoms with Crippen molar-refractivity contribution in [2.24, 2.45) is 0 Å². The van der Waals surface area contributed by atoms with Gasteiger partial charge in [0.05, 0.1) is 0 Å². The van der Waals surface area contributed by atoms with Crippen LogP contribution in [0.1, 0.15) is 34.3 Å². The minimum atomic E-state index is -0.759. The largest absolute Gasteiger partial charge is 0.374 e. The number of methoxy groups -OCH3 is 1. The van der Waals surface area contributed by atoms with E-state index in [1.807, 2.05) is 32.0 Å². The highest BCUT2D eigenvalue weighted by Crippen LogP contribution is 2.28. The molecular formula is C21H25N3O4S. The number of ether oxygens (including phenoxy) is 1. The first-order chi connectivity index (χ1) is 13.9. The van der Waals surface area contributed by atoms with E-state index in [9.17, 15) is 14.4 Å². The molecule has 1 fully saturated rings. The highest BCUT2D eigenvalue weighted by atomic mass is 32.1. The normalized spacial score (nSPS) is 14.7. The zero-order valence-electron chi connectivity index (χ0n) is 16.8. The predicted molar refractivity (Wildman–Crippen MR) is 113 cm³/mol. The standard InChI is InChI=1S/C21H25N3O4S/c1-13-6-8-15(11-16(13)24-10-4-5-19(24)25)23-21(27)20(26)22-12-17(28-3)18-9-7-14(2)29-18/h6-9,11,17H,4-5,10,12H2,1-3H3,(H,22,26)(H,23,27). The first-order valence-electron chi connectivity index (χ1n) is 9.48. The first kappa shape index (κ1) is 21.0. The summed E-state index contributed by atoms with van der Waals surface area (Å²) in [4.78, 5) is 40.4. The summed E-state index contributed by atoms with van der Waals surface area (Å²) in [5.74, 6) is -1.42. The maximum atomic E-state index is 12.3. The Hall–Kier alpha value is -2.71. The van der Waals surface area contributed by atoms with Crippen LogP contribution in [0.3, 0.4) is 0 Å². The monoisotopic (exact) mass is 415 g/mol. The second-order valence-corrected chi connectivity index (χ2v) is 8.31. The number of carbonyl (C=O) groups excluding carboxylic acids is 3. The molecule has 3 amide bonds. The van der Waals surface area contributed by atoms with Crippen molar-refractivity contribution in [3.8, 4) is 0 Å². The van der Waals surface area contributed by atoms with Gasteiger partial charge in [-0.25, -0.2) is 0 Å². The van der Waals surface area contributed by atoms with Crippen molar-refractivity contribution in [2.75, 3.05) is 30.4 Å². The van der Waals surface area contributed by atoms with Gasteiger partial charge in [-0.3, -0.25) is 14.4 Å². The molecule has 1 aliphatic heterocycles. The number of amides is 3. The topological polar surface area (TPSA) is 87.7 Å². The molecule has 154 valence electrons. The molecule has 7 nitrogen and oxygen atoms in total. The van der Waals surface area contributed by atoms with Gasteiger partial charge in [0.1, 0.15) is 6.10 Å². The van der Waals surface area contributed by atoms with Gasteiger partial charge in [0.2, 0.25) is 5.91 Å². The van der Waals surface area contributed by atoms with Crippen molar-refractivity contribution in [3.05, 3.63) is 45.6 Å². The number of rotatable bonds is 6. The van der Waals surface area contributed by atoms with Gasteiger partial charge in [-0.1, -0.05) is 6.07 Å². The van der Waals surface area contributed by atoms with E-state index in [2.05, 4.69) is 10.6 Å². The lowest BCUT2D eigenvalue weighted by atomic mass is 10.1. The average molecular weight is 416 g/mol. The molecule has 29 heavy (non-hydrogen) atoms. The summed E-state index contributed by atoms with van der Waals surface area (Å²) in [5, 5.41) is 5.22. The van der Waals surface area contributed by atoms with Crippen LogP contribution in [-0.2, 0) is 19.1 Å². The van der Waals surface area contributed by atoms with Gasteiger partial charge in [0, 0.05) is 47.7 Å². The number of anilines is 2. The summed E-state index contributed by atoms with van der Waals surface area (Å²) in [5.41, 5.74) is 2.18. The molecule has 1 aliphatic rings. The van der Waals surface area contributed by atoms with E-state index in [4.69, 9.17) is 4.74 Å². The van der Waals surface area contributed by atoms with Crippen LogP contribution in [0, 0.1) is 13.8 Å². The number of hydrogen-bond acceptors (Lipinski definition) is 5. The first-order valence-corrected chi connectivity index (χ1v) is 10.3. The van der Waals surface area contributed by atoms with Gasteiger partial charge >= 0.3 is 11.8 Å². The molecule has 2 N–H and O–H groups in total. The number of hydrogen-bond donors (Lipinski definition) is 2. The summed E-state index contributed by atoms with van der Waals surface area (Å²) >= 11 is 1.59. The molecular weight excluding hydrogens is 390 g/mol. The van der Waals surface area contributed by atoms with E-state index < -0.39 is 11.8 Å². The third-order valence-corrected chi connectivity index (χ3v) is 5.94. The molecule has 3 rings (SSSR count). The van der Waals surface area contributed by atoms with E-state index in [0.717, 1.165) is 27.4 Å². The molecule has 1 aromatic heterocycles. The van der Waals surface area contributed by atoms with Crippen molar-refractivity contribution in [3.63, 3.8) is 0 Å². The van der Waals surface area contributed by atoms with E-state index >= 15 is 0 Å². The van der Waals surface area contributed by atoms with E-state index in [-0.39, 0.29) is 18.6 Å². The fourth-order valence-electron chi connectivity index (χ4n) is 3.26. The molecule has 0 spiro atoms. The number of nitrogens with one attached hydrogen (secondary N) is 2. The van der Waals surface area contributed by atoms with Crippen LogP contribution in [0.2, 0.25) is 0 Å². The van der Waals surface area contributed by atoms with E-state index in [1.165, 1.54) is 0 Å². The molecule has 1 aromatic carbocycles. The third kappa shape index (κ3) is 5.02. The van der Waals surface area contributed by atoms with E-state index in [0.29, 0.717) is 18.7 Å². The molecule has 1 unspecified atom stereocenters. The van der Waals surface area contributed by atoms with E-state index in [1.54, 1.807) is 35.5 Å². The summed E-state index contributed by atoms with van der Waals surface area (Å²) in [6, 6.07) is 9.22. The Morgan fingerprint density at radius 1 is 1.21 bits per heavy atom. The minimum Gasteiger partial charge on any atom is -0.374 e. The molecule has 0 radical (unpaired) electrons. The van der Waals surface area contributed by atoms with Crippen molar-refractivity contribution in [2.45, 2.75) is 32.8 Å². The highest BCUT2D eigenvalue weighted by molar-refractivity contribution is 7.12. The molecule has 1 atom stereocenters. The van der Waals surface area contributed by atoms with Gasteiger partial charge in [0.15, 0.2) is 0 Å². The Morgan fingerprint density at radius 3 is 2.62 bits per heavy atom. The number of carbonyl (C=O) groups is 3. The molecule has 8 heteroatoms. The predicted octanol–water partition coefficient (Wildman–Crippen LogP) is 2.93. The van der Waals surface area contributed by atoms with Crippen LogP contribution in [0.4, 0.5) is 11.4 Å². The third-order valence-electron chi connectivity index (χ3n) is 4.85. The maximum absolute atomic E-state index is 12.3. The minimum absolute atomic E-state index is 0.0729. The van der Waals surface area contributed by atoms with Gasteiger partial charge in [-0.05, 0) is 50.1 Å². The molecule has 0 bridgehead atoms. The Labute approximate surface area is 174 Å². The van der Waals surface area contributed by atoms with Gasteiger partial charge < -0.3 is 20.3 Å². The molecule has 0 aliphatic carbocycles. The van der Waals surface area contributed by atoms with Gasteiger partial charge in [-0.15, -0.1) is 11.3 Å². The lowest BCUT2D eigenvalue weighted by Crippen LogP contribution is -2.37. The van der Waals surface area contributed by atoms with Crippen molar-refractivity contribution in [1.82, 2.24) is 5.32 Å². The van der Waals surface area contributed by atoms with Crippen molar-refractivity contribution < 1.29 is 19.1 Å². The van der Waals surface area contributed by atoms with Gasteiger partial charge in [-0.2, -0.15) is 0 Å². The Morgan fingerprint density at radius 2 is 2.00 bits per heavy atom. The van der Waals surface area contributed by atoms with Crippen LogP contribution in [0.5, 0.6) is 0 Å². The second kappa shape index (κ2) is 9.19. The molecule has 2 aromatic rings. The highest BCUT2D eigenvalue weighted by Gasteiger charge is 2.24. The van der Waals surface area contributed by atoms with Crippen LogP contribution in [0.25, 0.3) is 0 Å². The van der Waals surface area contributed by atoms with Crippen LogP contribution < -0.4 is 15.5 Å². The molecule has 0 saturated carbocycles. The second-order valence-electron chi connectivity index (χ2n) is 6.99. The number of benzene rings is 1. The number of thiophene rings is 1. The summed E-state index contributed by atoms with van der Waals surface area (Å²) in [6.45, 7) is 4.77. The Bertz CT molecular complexity index is 924. The van der Waals surface area contributed by atoms with Crippen molar-refractivity contribution >= 4 is 40.4 Å². The van der Waals surface area contributed by atoms with Crippen molar-refractivity contribution in [1.29, 1.82) is 0 Å². The SMILES string of the molecule is COC(CNC(=O)C(=O)Nc1ccc(C)c(N2CCCC2=O)c1)c1ccc(C)s1. The fourth-order valence-corrected chi connectivity index (χ4v) is 4.22. The summed E-state index contributed by atoms with van der Waals surface area (Å²) in [7, 11) is 1.57. The average Bonchev–Trinajstić information content (AvgIpc) is 3.32. The summed E-state index contributed by atoms with van der Waals surface area (Å²) < 4.78 is 5.42. The summed E-state index contributed by atoms with van der Waals surface area (Å²) in [6.07, 6.45) is 1.04. The Balaban J connectivity index is 1.61. The molecule has 1 saturated heterocycles. The smallest absolute Gasteiger partial charge is 0.313 e. The quantitative estimate of drug-likeness (QED) is 0.710. The lowest BCUT2D eigenvalue weighted by Gasteiger charge is -2.19. The van der Waals surface area contributed by atoms with Gasteiger partial charge in [0.25, 0.3) is 0 Å². The fraction of sp³-hybridized carbons (Fsp3) is 0.381. The molecule has 2 heterocycles. The van der Waals surface area contributed by atoms with Crippen LogP contribution >= 0.6 is 11.3 Å². The number of nitrogens with zero attached hydrogens (tertiary/aromatic N) is 1. The lowest BCUT2D eigenvalue weighted by molar-refractivity contribution is -0.136. The zero-order chi connectivity index (χ0) is 21.0. The maximum Gasteiger partial charge on any atom is 0.313 e. The zero-order valence-corrected chi connectivity index (χ0v) is 17.6. The number of aryl methyl sites for hydroxylation is 2. The Kier molecular flexibility index (Phi) is 6.66. The van der Waals surface area contributed by atoms with Crippen LogP contribution in [-0.4, -0.2) is 37.9 Å².